The van der Waals surface area contributed by atoms with Crippen LogP contribution in [0.5, 0.6) is 17.2 Å². The van der Waals surface area contributed by atoms with E-state index in [4.69, 9.17) is 24.0 Å². The summed E-state index contributed by atoms with van der Waals surface area (Å²) in [5.74, 6) is 0.858. The summed E-state index contributed by atoms with van der Waals surface area (Å²) < 4.78 is 16.9. The summed E-state index contributed by atoms with van der Waals surface area (Å²) in [6.07, 6.45) is 15.2. The van der Waals surface area contributed by atoms with Crippen LogP contribution < -0.4 is 19.5 Å². The van der Waals surface area contributed by atoms with Crippen LogP contribution in [0.3, 0.4) is 0 Å². The van der Waals surface area contributed by atoms with E-state index >= 15 is 0 Å². The van der Waals surface area contributed by atoms with Crippen LogP contribution in [0.4, 0.5) is 0 Å². The van der Waals surface area contributed by atoms with Gasteiger partial charge in [-0.05, 0) is 35.8 Å². The van der Waals surface area contributed by atoms with Crippen molar-refractivity contribution < 1.29 is 33.7 Å². The van der Waals surface area contributed by atoms with Gasteiger partial charge in [0, 0.05) is 30.2 Å². The molecule has 5 rings (SSSR count). The Hall–Kier alpha value is -5.58. The molecule has 1 aliphatic rings. The first-order valence-electron chi connectivity index (χ1n) is 18.9. The molecule has 0 radical (unpaired) electrons. The third-order valence-corrected chi connectivity index (χ3v) is 9.56. The topological polar surface area (TPSA) is 144 Å². The van der Waals surface area contributed by atoms with Gasteiger partial charge in [-0.2, -0.15) is 0 Å². The number of amides is 1. The normalized spacial score (nSPS) is 13.8. The molecule has 1 atom stereocenters. The van der Waals surface area contributed by atoms with Crippen LogP contribution in [0.15, 0.2) is 71.9 Å². The van der Waals surface area contributed by atoms with Gasteiger partial charge in [-0.25, -0.2) is 9.78 Å². The zero-order valence-electron chi connectivity index (χ0n) is 31.8. The van der Waals surface area contributed by atoms with E-state index < -0.39 is 12.1 Å². The van der Waals surface area contributed by atoms with E-state index in [0.717, 1.165) is 40.8 Å². The molecular weight excluding hydrogens is 684 g/mol. The van der Waals surface area contributed by atoms with Crippen molar-refractivity contribution in [3.05, 3.63) is 77.9 Å². The van der Waals surface area contributed by atoms with Crippen LogP contribution in [-0.2, 0) is 14.4 Å². The minimum Gasteiger partial charge on any atom is -0.493 e. The highest BCUT2D eigenvalue weighted by Gasteiger charge is 2.28. The summed E-state index contributed by atoms with van der Waals surface area (Å²) in [6, 6.07) is 19.2. The fourth-order valence-electron chi connectivity index (χ4n) is 6.52. The van der Waals surface area contributed by atoms with Gasteiger partial charge in [-0.1, -0.05) is 118 Å². The number of aromatic nitrogens is 2. The number of aromatic amines is 1. The van der Waals surface area contributed by atoms with Crippen molar-refractivity contribution in [3.8, 4) is 51.2 Å². The van der Waals surface area contributed by atoms with Crippen molar-refractivity contribution in [1.82, 2.24) is 15.3 Å². The molecule has 0 bridgehead atoms. The van der Waals surface area contributed by atoms with Gasteiger partial charge in [0.15, 0.2) is 11.5 Å². The molecule has 11 nitrogen and oxygen atoms in total. The van der Waals surface area contributed by atoms with E-state index in [-0.39, 0.29) is 12.3 Å². The number of methoxy groups -OCH3 is 3. The number of carbonyl (C=O) groups excluding carboxylic acids is 1. The monoisotopic (exact) mass is 736 g/mol. The Labute approximate surface area is 317 Å². The van der Waals surface area contributed by atoms with Crippen LogP contribution in [0.1, 0.15) is 88.7 Å². The maximum atomic E-state index is 12.5. The summed E-state index contributed by atoms with van der Waals surface area (Å²) in [4.78, 5) is 37.5. The number of carboxylic acids is 1. The summed E-state index contributed by atoms with van der Waals surface area (Å²) in [5, 5.41) is 16.3. The first kappa shape index (κ1) is 39.6. The van der Waals surface area contributed by atoms with E-state index in [2.05, 4.69) is 22.4 Å². The van der Waals surface area contributed by atoms with Gasteiger partial charge in [0.05, 0.1) is 44.0 Å². The van der Waals surface area contributed by atoms with Gasteiger partial charge in [0.25, 0.3) is 0 Å². The number of hydrogen-bond acceptors (Lipinski definition) is 8. The SMILES string of the molecule is CCCCCCCCCCCCNC(=O)/C=C/c1ccc(-c2[nH]c(-c3ccc(OC)c(OC)c3OC)nc2-c2ccc(C3=NOC(C(=O)O)C3)cc2)cc1. The predicted molar refractivity (Wildman–Crippen MR) is 212 cm³/mol. The minimum atomic E-state index is -1.05. The minimum absolute atomic E-state index is 0.101. The number of nitrogens with zero attached hydrogens (tertiary/aromatic N) is 2. The van der Waals surface area contributed by atoms with E-state index in [9.17, 15) is 14.7 Å². The average molecular weight is 737 g/mol. The van der Waals surface area contributed by atoms with Crippen molar-refractivity contribution in [1.29, 1.82) is 0 Å². The summed E-state index contributed by atoms with van der Waals surface area (Å²) in [5.41, 5.74) is 6.08. The molecule has 3 N–H and O–H groups in total. The number of aliphatic carboxylic acids is 1. The lowest BCUT2D eigenvalue weighted by Gasteiger charge is -2.14. The number of oxime groups is 1. The molecule has 4 aromatic rings. The fourth-order valence-corrected chi connectivity index (χ4v) is 6.52. The molecule has 0 saturated carbocycles. The van der Waals surface area contributed by atoms with Crippen LogP contribution in [0.25, 0.3) is 40.0 Å². The highest BCUT2D eigenvalue weighted by atomic mass is 16.7. The lowest BCUT2D eigenvalue weighted by molar-refractivity contribution is -0.148. The van der Waals surface area contributed by atoms with Crippen molar-refractivity contribution in [2.24, 2.45) is 5.16 Å². The molecule has 0 saturated heterocycles. The first-order valence-corrected chi connectivity index (χ1v) is 18.9. The van der Waals surface area contributed by atoms with Gasteiger partial charge >= 0.3 is 5.97 Å². The second kappa shape index (κ2) is 20.0. The number of carbonyl (C=O) groups is 2. The third kappa shape index (κ3) is 10.3. The summed E-state index contributed by atoms with van der Waals surface area (Å²) in [6.45, 7) is 2.93. The number of benzene rings is 3. The Morgan fingerprint density at radius 2 is 1.44 bits per heavy atom. The third-order valence-electron chi connectivity index (χ3n) is 9.56. The molecule has 1 aromatic heterocycles. The second-order valence-electron chi connectivity index (χ2n) is 13.4. The zero-order chi connectivity index (χ0) is 38.3. The van der Waals surface area contributed by atoms with Crippen molar-refractivity contribution in [3.63, 3.8) is 0 Å². The second-order valence-corrected chi connectivity index (χ2v) is 13.4. The molecule has 54 heavy (non-hydrogen) atoms. The average Bonchev–Trinajstić information content (AvgIpc) is 3.88. The van der Waals surface area contributed by atoms with Gasteiger partial charge < -0.3 is 34.5 Å². The van der Waals surface area contributed by atoms with Crippen molar-refractivity contribution >= 4 is 23.7 Å². The Bertz CT molecular complexity index is 1900. The Balaban J connectivity index is 1.29. The molecule has 1 aliphatic heterocycles. The number of ether oxygens (including phenoxy) is 3. The molecule has 0 aliphatic carbocycles. The number of hydrogen-bond donors (Lipinski definition) is 3. The lowest BCUT2D eigenvalue weighted by Crippen LogP contribution is -2.21. The Kier molecular flexibility index (Phi) is 14.7. The van der Waals surface area contributed by atoms with Crippen molar-refractivity contribution in [2.45, 2.75) is 83.7 Å². The number of carboxylic acid groups (broad SMARTS) is 1. The number of H-pyrrole nitrogens is 1. The molecule has 2 heterocycles. The molecule has 3 aromatic carbocycles. The molecule has 11 heteroatoms. The maximum Gasteiger partial charge on any atom is 0.348 e. The van der Waals surface area contributed by atoms with Crippen LogP contribution in [-0.4, -0.2) is 66.6 Å². The first-order chi connectivity index (χ1) is 26.4. The van der Waals surface area contributed by atoms with E-state index in [1.165, 1.54) is 51.4 Å². The number of rotatable bonds is 21. The standard InChI is InChI=1S/C43H52N4O7/c1-5-6-7-8-9-10-11-12-13-14-27-44-37(48)26-17-29-15-18-31(19-16-29)38-39(32-22-20-30(21-23-32)34-28-36(43(49)50)54-47-34)46-42(45-38)33-24-25-35(51-2)41(53-4)40(33)52-3/h15-26,36H,5-14,27-28H2,1-4H3,(H,44,48)(H,45,46)(H,49,50)/b26-17+. The number of unbranched alkanes of at least 4 members (excludes halogenated alkanes) is 9. The van der Waals surface area contributed by atoms with Gasteiger partial charge in [0.2, 0.25) is 17.8 Å². The molecule has 0 spiro atoms. The highest BCUT2D eigenvalue weighted by Crippen LogP contribution is 2.45. The quantitative estimate of drug-likeness (QED) is 0.0568. The molecule has 1 unspecified atom stereocenters. The smallest absolute Gasteiger partial charge is 0.348 e. The molecule has 286 valence electrons. The Morgan fingerprint density at radius 3 is 2.06 bits per heavy atom. The predicted octanol–water partition coefficient (Wildman–Crippen LogP) is 9.06. The molecule has 1 amide bonds. The van der Waals surface area contributed by atoms with E-state index in [1.807, 2.05) is 60.7 Å². The highest BCUT2D eigenvalue weighted by molar-refractivity contribution is 6.03. The number of imidazole rings is 1. The maximum absolute atomic E-state index is 12.5. The zero-order valence-corrected chi connectivity index (χ0v) is 31.8. The largest absolute Gasteiger partial charge is 0.493 e. The Morgan fingerprint density at radius 1 is 0.815 bits per heavy atom. The van der Waals surface area contributed by atoms with Crippen molar-refractivity contribution in [2.75, 3.05) is 27.9 Å². The van der Waals surface area contributed by atoms with Crippen LogP contribution in [0.2, 0.25) is 0 Å². The fraction of sp³-hybridized carbons (Fsp3) is 0.395. The van der Waals surface area contributed by atoms with Crippen LogP contribution >= 0.6 is 0 Å². The van der Waals surface area contributed by atoms with E-state index in [1.54, 1.807) is 33.5 Å². The number of nitrogens with one attached hydrogen (secondary N) is 2. The van der Waals surface area contributed by atoms with Gasteiger partial charge in [-0.15, -0.1) is 0 Å². The molecular formula is C43H52N4O7. The van der Waals surface area contributed by atoms with Gasteiger partial charge in [0.1, 0.15) is 5.82 Å². The van der Waals surface area contributed by atoms with Gasteiger partial charge in [-0.3, -0.25) is 4.79 Å². The lowest BCUT2D eigenvalue weighted by atomic mass is 10.00. The van der Waals surface area contributed by atoms with E-state index in [0.29, 0.717) is 46.6 Å². The van der Waals surface area contributed by atoms with Crippen LogP contribution in [0, 0.1) is 0 Å². The molecule has 0 fully saturated rings. The summed E-state index contributed by atoms with van der Waals surface area (Å²) in [7, 11) is 4.69. The summed E-state index contributed by atoms with van der Waals surface area (Å²) >= 11 is 0.